The summed E-state index contributed by atoms with van der Waals surface area (Å²) in [6.07, 6.45) is 1.26. The van der Waals surface area contributed by atoms with Gasteiger partial charge in [-0.05, 0) is 33.8 Å². The standard InChI is InChI=1S/C12H18O5/c1-11(2)13-6-9(16-11)7-5-8-10(14-7)17-12(3,4)15-8/h5,8-10H,6H2,1-4H3/t8-,9-,10-/m1/s1. The van der Waals surface area contributed by atoms with Crippen LogP contribution in [0.15, 0.2) is 11.8 Å². The van der Waals surface area contributed by atoms with E-state index in [2.05, 4.69) is 0 Å². The molecule has 2 saturated heterocycles. The number of hydrogen-bond donors (Lipinski definition) is 0. The van der Waals surface area contributed by atoms with E-state index in [1.54, 1.807) is 0 Å². The van der Waals surface area contributed by atoms with Gasteiger partial charge in [-0.15, -0.1) is 0 Å². The predicted octanol–water partition coefficient (Wildman–Crippen LogP) is 1.53. The van der Waals surface area contributed by atoms with E-state index in [-0.39, 0.29) is 18.5 Å². The molecule has 0 aromatic heterocycles. The van der Waals surface area contributed by atoms with Gasteiger partial charge in [-0.2, -0.15) is 0 Å². The maximum atomic E-state index is 5.72. The van der Waals surface area contributed by atoms with Crippen molar-refractivity contribution in [2.75, 3.05) is 6.61 Å². The number of rotatable bonds is 1. The Labute approximate surface area is 101 Å². The van der Waals surface area contributed by atoms with Gasteiger partial charge in [-0.25, -0.2) is 0 Å². The minimum Gasteiger partial charge on any atom is -0.463 e. The van der Waals surface area contributed by atoms with Crippen molar-refractivity contribution in [1.82, 2.24) is 0 Å². The van der Waals surface area contributed by atoms with Crippen LogP contribution in [0.2, 0.25) is 0 Å². The summed E-state index contributed by atoms with van der Waals surface area (Å²) in [6, 6.07) is 0. The molecule has 0 N–H and O–H groups in total. The average Bonchev–Trinajstić information content (AvgIpc) is 2.75. The highest BCUT2D eigenvalue weighted by atomic mass is 16.8. The Kier molecular flexibility index (Phi) is 2.32. The lowest BCUT2D eigenvalue weighted by atomic mass is 10.2. The van der Waals surface area contributed by atoms with Crippen LogP contribution in [0.25, 0.3) is 0 Å². The lowest BCUT2D eigenvalue weighted by molar-refractivity contribution is -0.188. The molecule has 5 heteroatoms. The van der Waals surface area contributed by atoms with E-state index < -0.39 is 11.6 Å². The van der Waals surface area contributed by atoms with Crippen LogP contribution in [0.3, 0.4) is 0 Å². The van der Waals surface area contributed by atoms with E-state index >= 15 is 0 Å². The average molecular weight is 242 g/mol. The summed E-state index contributed by atoms with van der Waals surface area (Å²) >= 11 is 0. The van der Waals surface area contributed by atoms with Crippen molar-refractivity contribution in [3.8, 4) is 0 Å². The summed E-state index contributed by atoms with van der Waals surface area (Å²) in [7, 11) is 0. The van der Waals surface area contributed by atoms with Gasteiger partial charge < -0.3 is 23.7 Å². The van der Waals surface area contributed by atoms with Crippen LogP contribution in [0.4, 0.5) is 0 Å². The Morgan fingerprint density at radius 3 is 2.41 bits per heavy atom. The first-order valence-electron chi connectivity index (χ1n) is 5.90. The van der Waals surface area contributed by atoms with Crippen LogP contribution in [-0.4, -0.2) is 36.7 Å². The first-order valence-corrected chi connectivity index (χ1v) is 5.90. The second-order valence-electron chi connectivity index (χ2n) is 5.47. The zero-order valence-electron chi connectivity index (χ0n) is 10.6. The second kappa shape index (κ2) is 3.45. The summed E-state index contributed by atoms with van der Waals surface area (Å²) in [5.41, 5.74) is 0. The van der Waals surface area contributed by atoms with Crippen LogP contribution in [0.5, 0.6) is 0 Å². The summed E-state index contributed by atoms with van der Waals surface area (Å²) in [5.74, 6) is -0.377. The second-order valence-corrected chi connectivity index (χ2v) is 5.47. The largest absolute Gasteiger partial charge is 0.463 e. The first-order chi connectivity index (χ1) is 7.85. The first kappa shape index (κ1) is 11.5. The van der Waals surface area contributed by atoms with Gasteiger partial charge >= 0.3 is 0 Å². The molecule has 3 aliphatic heterocycles. The smallest absolute Gasteiger partial charge is 0.232 e. The highest BCUT2D eigenvalue weighted by Crippen LogP contribution is 2.38. The fourth-order valence-corrected chi connectivity index (χ4v) is 2.31. The molecule has 3 atom stereocenters. The van der Waals surface area contributed by atoms with E-state index in [1.807, 2.05) is 33.8 Å². The van der Waals surface area contributed by atoms with Crippen LogP contribution < -0.4 is 0 Å². The molecule has 0 radical (unpaired) electrons. The lowest BCUT2D eigenvalue weighted by Gasteiger charge is -2.20. The topological polar surface area (TPSA) is 46.2 Å². The van der Waals surface area contributed by atoms with Crippen molar-refractivity contribution in [3.05, 3.63) is 11.8 Å². The molecule has 0 saturated carbocycles. The monoisotopic (exact) mass is 242 g/mol. The Bertz CT molecular complexity index is 360. The van der Waals surface area contributed by atoms with Gasteiger partial charge in [0.15, 0.2) is 11.6 Å². The van der Waals surface area contributed by atoms with E-state index in [0.717, 1.165) is 5.76 Å². The quantitative estimate of drug-likeness (QED) is 0.697. The summed E-state index contributed by atoms with van der Waals surface area (Å²) in [6.45, 7) is 8.03. The van der Waals surface area contributed by atoms with Gasteiger partial charge in [0.2, 0.25) is 6.29 Å². The van der Waals surface area contributed by atoms with Gasteiger partial charge in [0.1, 0.15) is 18.0 Å². The van der Waals surface area contributed by atoms with E-state index in [9.17, 15) is 0 Å². The van der Waals surface area contributed by atoms with Crippen molar-refractivity contribution in [3.63, 3.8) is 0 Å². The maximum absolute atomic E-state index is 5.72. The Hall–Kier alpha value is -0.620. The fourth-order valence-electron chi connectivity index (χ4n) is 2.31. The van der Waals surface area contributed by atoms with Crippen LogP contribution >= 0.6 is 0 Å². The molecule has 2 fully saturated rings. The molecular weight excluding hydrogens is 224 g/mol. The van der Waals surface area contributed by atoms with Gasteiger partial charge in [0.25, 0.3) is 0 Å². The molecule has 3 aliphatic rings. The third-order valence-electron chi connectivity index (χ3n) is 2.99. The Balaban J connectivity index is 1.69. The third-order valence-corrected chi connectivity index (χ3v) is 2.99. The zero-order valence-corrected chi connectivity index (χ0v) is 10.6. The van der Waals surface area contributed by atoms with Gasteiger partial charge in [0, 0.05) is 0 Å². The summed E-state index contributed by atoms with van der Waals surface area (Å²) in [4.78, 5) is 0. The molecule has 0 amide bonds. The molecule has 3 rings (SSSR count). The Morgan fingerprint density at radius 1 is 1.06 bits per heavy atom. The van der Waals surface area contributed by atoms with Crippen LogP contribution in [0, 0.1) is 0 Å². The van der Waals surface area contributed by atoms with Gasteiger partial charge in [-0.3, -0.25) is 0 Å². The summed E-state index contributed by atoms with van der Waals surface area (Å²) in [5, 5.41) is 0. The molecule has 17 heavy (non-hydrogen) atoms. The van der Waals surface area contributed by atoms with Crippen molar-refractivity contribution in [2.45, 2.75) is 57.8 Å². The Morgan fingerprint density at radius 2 is 1.82 bits per heavy atom. The molecule has 5 nitrogen and oxygen atoms in total. The zero-order chi connectivity index (χ0) is 12.3. The van der Waals surface area contributed by atoms with Crippen molar-refractivity contribution in [1.29, 1.82) is 0 Å². The normalized spacial score (nSPS) is 42.1. The van der Waals surface area contributed by atoms with E-state index in [1.165, 1.54) is 0 Å². The molecule has 0 aliphatic carbocycles. The lowest BCUT2D eigenvalue weighted by Crippen LogP contribution is -2.25. The minimum atomic E-state index is -0.580. The number of hydrogen-bond acceptors (Lipinski definition) is 5. The molecule has 0 spiro atoms. The molecule has 0 aromatic rings. The molecular formula is C12H18O5. The third kappa shape index (κ3) is 2.08. The van der Waals surface area contributed by atoms with E-state index in [0.29, 0.717) is 6.61 Å². The van der Waals surface area contributed by atoms with Gasteiger partial charge in [0.05, 0.1) is 6.61 Å². The molecule has 0 aromatic carbocycles. The molecule has 96 valence electrons. The summed E-state index contributed by atoms with van der Waals surface area (Å²) < 4.78 is 28.3. The highest BCUT2D eigenvalue weighted by molar-refractivity contribution is 5.13. The molecule has 0 bridgehead atoms. The molecule has 0 unspecified atom stereocenters. The number of fused-ring (bicyclic) bond motifs is 1. The molecule has 3 heterocycles. The van der Waals surface area contributed by atoms with E-state index in [4.69, 9.17) is 23.7 Å². The SMILES string of the molecule is CC1(C)OC[C@H](C2=C[C@H]3OC(C)(C)O[C@H]3O2)O1. The van der Waals surface area contributed by atoms with Crippen LogP contribution in [-0.2, 0) is 23.7 Å². The highest BCUT2D eigenvalue weighted by Gasteiger charge is 2.48. The maximum Gasteiger partial charge on any atom is 0.232 e. The van der Waals surface area contributed by atoms with Crippen molar-refractivity contribution >= 4 is 0 Å². The van der Waals surface area contributed by atoms with Crippen LogP contribution in [0.1, 0.15) is 27.7 Å². The van der Waals surface area contributed by atoms with Crippen molar-refractivity contribution < 1.29 is 23.7 Å². The number of ether oxygens (including phenoxy) is 5. The fraction of sp³-hybridized carbons (Fsp3) is 0.833. The predicted molar refractivity (Wildman–Crippen MR) is 57.9 cm³/mol. The minimum absolute atomic E-state index is 0.146. The van der Waals surface area contributed by atoms with Gasteiger partial charge in [-0.1, -0.05) is 0 Å². The van der Waals surface area contributed by atoms with Crippen molar-refractivity contribution in [2.24, 2.45) is 0 Å².